The Kier molecular flexibility index (Phi) is 6.11. The van der Waals surface area contributed by atoms with Gasteiger partial charge in [-0.15, -0.1) is 0 Å². The molecule has 1 rings (SSSR count). The van der Waals surface area contributed by atoms with E-state index in [0.717, 1.165) is 18.1 Å². The van der Waals surface area contributed by atoms with Gasteiger partial charge in [0.2, 0.25) is 5.91 Å². The highest BCUT2D eigenvalue weighted by molar-refractivity contribution is 7.99. The van der Waals surface area contributed by atoms with Gasteiger partial charge < -0.3 is 10.6 Å². The average Bonchev–Trinajstić information content (AvgIpc) is 2.28. The maximum atomic E-state index is 11.8. The fourth-order valence-corrected chi connectivity index (χ4v) is 2.45. The summed E-state index contributed by atoms with van der Waals surface area (Å²) in [7, 11) is 0. The van der Waals surface area contributed by atoms with Crippen LogP contribution in [0.15, 0.2) is 0 Å². The van der Waals surface area contributed by atoms with Crippen molar-refractivity contribution in [2.75, 3.05) is 24.6 Å². The lowest BCUT2D eigenvalue weighted by molar-refractivity contribution is -0.135. The molecule has 1 aliphatic rings. The number of rotatable bonds is 5. The van der Waals surface area contributed by atoms with E-state index in [1.807, 2.05) is 0 Å². The molecule has 0 spiro atoms. The van der Waals surface area contributed by atoms with Crippen LogP contribution in [0.1, 0.15) is 19.3 Å². The van der Waals surface area contributed by atoms with Crippen molar-refractivity contribution in [3.8, 4) is 0 Å². The number of carbonyl (C=O) groups excluding carboxylic acids is 1. The second kappa shape index (κ2) is 7.10. The molecular weight excluding hydrogens is 253 g/mol. The van der Waals surface area contributed by atoms with Gasteiger partial charge in [0.1, 0.15) is 0 Å². The van der Waals surface area contributed by atoms with Crippen LogP contribution in [0, 0.1) is 0 Å². The zero-order valence-electron chi connectivity index (χ0n) is 9.48. The molecule has 1 amide bonds. The molecule has 0 radical (unpaired) electrons. The molecule has 0 aliphatic carbocycles. The van der Waals surface area contributed by atoms with Crippen molar-refractivity contribution in [2.24, 2.45) is 0 Å². The monoisotopic (exact) mass is 270 g/mol. The first-order valence-corrected chi connectivity index (χ1v) is 6.80. The number of thioether (sulfide) groups is 1. The zero-order chi connectivity index (χ0) is 12.7. The van der Waals surface area contributed by atoms with Gasteiger partial charge in [-0.3, -0.25) is 4.79 Å². The minimum absolute atomic E-state index is 0.0661. The minimum Gasteiger partial charge on any atom is -0.355 e. The van der Waals surface area contributed by atoms with E-state index in [2.05, 4.69) is 10.6 Å². The molecule has 7 heteroatoms. The van der Waals surface area contributed by atoms with E-state index in [-0.39, 0.29) is 18.4 Å². The smallest absolute Gasteiger partial charge is 0.355 e. The van der Waals surface area contributed by atoms with Crippen LogP contribution in [0.3, 0.4) is 0 Å². The summed E-state index contributed by atoms with van der Waals surface area (Å²) in [6, 6.07) is -0.198. The standard InChI is InChI=1S/C10H17F3N2OS/c11-10(12,13)3-1-2-4-15-9(16)8-7-17-6-5-14-8/h8,14H,1-7H2,(H,15,16). The Morgan fingerprint density at radius 3 is 2.76 bits per heavy atom. The predicted molar refractivity (Wildman–Crippen MR) is 62.0 cm³/mol. The second-order valence-corrected chi connectivity index (χ2v) is 5.09. The molecule has 1 fully saturated rings. The number of alkyl halides is 3. The largest absolute Gasteiger partial charge is 0.389 e. The Morgan fingerprint density at radius 2 is 2.18 bits per heavy atom. The van der Waals surface area contributed by atoms with Crippen LogP contribution in [0.4, 0.5) is 13.2 Å². The fraction of sp³-hybridized carbons (Fsp3) is 0.900. The number of hydrogen-bond donors (Lipinski definition) is 2. The van der Waals surface area contributed by atoms with Gasteiger partial charge in [0.05, 0.1) is 6.04 Å². The number of hydrogen-bond acceptors (Lipinski definition) is 3. The van der Waals surface area contributed by atoms with Crippen molar-refractivity contribution in [1.82, 2.24) is 10.6 Å². The normalized spacial score (nSPS) is 21.2. The Bertz CT molecular complexity index is 242. The molecule has 1 heterocycles. The lowest BCUT2D eigenvalue weighted by atomic mass is 10.2. The van der Waals surface area contributed by atoms with Crippen LogP contribution in [-0.4, -0.2) is 42.7 Å². The maximum Gasteiger partial charge on any atom is 0.389 e. The van der Waals surface area contributed by atoms with Crippen LogP contribution in [-0.2, 0) is 4.79 Å². The highest BCUT2D eigenvalue weighted by Crippen LogP contribution is 2.21. The number of amides is 1. The van der Waals surface area contributed by atoms with E-state index in [0.29, 0.717) is 13.0 Å². The minimum atomic E-state index is -4.09. The second-order valence-electron chi connectivity index (χ2n) is 3.94. The summed E-state index contributed by atoms with van der Waals surface area (Å²) in [5.74, 6) is 1.62. The molecule has 100 valence electrons. The van der Waals surface area contributed by atoms with E-state index >= 15 is 0 Å². The summed E-state index contributed by atoms with van der Waals surface area (Å²) in [5.41, 5.74) is 0. The molecule has 3 nitrogen and oxygen atoms in total. The van der Waals surface area contributed by atoms with E-state index < -0.39 is 12.6 Å². The summed E-state index contributed by atoms with van der Waals surface area (Å²) >= 11 is 1.71. The first kappa shape index (κ1) is 14.6. The molecule has 0 bridgehead atoms. The third kappa shape index (κ3) is 6.78. The first-order valence-electron chi connectivity index (χ1n) is 5.64. The molecule has 0 aromatic carbocycles. The number of halogens is 3. The molecule has 0 aromatic rings. The number of unbranched alkanes of at least 4 members (excludes halogenated alkanes) is 1. The SMILES string of the molecule is O=C(NCCCCC(F)(F)F)C1CSCCN1. The van der Waals surface area contributed by atoms with Crippen LogP contribution in [0.25, 0.3) is 0 Å². The van der Waals surface area contributed by atoms with Crippen LogP contribution in [0.5, 0.6) is 0 Å². The van der Waals surface area contributed by atoms with E-state index in [4.69, 9.17) is 0 Å². The Hall–Kier alpha value is -0.430. The summed E-state index contributed by atoms with van der Waals surface area (Å²) in [6.07, 6.45) is -4.44. The third-order valence-corrected chi connectivity index (χ3v) is 3.49. The van der Waals surface area contributed by atoms with E-state index in [9.17, 15) is 18.0 Å². The van der Waals surface area contributed by atoms with Gasteiger partial charge in [0.25, 0.3) is 0 Å². The first-order chi connectivity index (χ1) is 7.99. The van der Waals surface area contributed by atoms with Crippen molar-refractivity contribution in [3.05, 3.63) is 0 Å². The number of carbonyl (C=O) groups is 1. The highest BCUT2D eigenvalue weighted by atomic mass is 32.2. The Labute approximate surface area is 103 Å². The summed E-state index contributed by atoms with van der Waals surface area (Å²) in [5, 5.41) is 5.73. The van der Waals surface area contributed by atoms with Gasteiger partial charge in [-0.25, -0.2) is 0 Å². The molecule has 1 unspecified atom stereocenters. The van der Waals surface area contributed by atoms with Crippen molar-refractivity contribution >= 4 is 17.7 Å². The maximum absolute atomic E-state index is 11.8. The molecule has 0 saturated carbocycles. The molecule has 2 N–H and O–H groups in total. The molecule has 1 aliphatic heterocycles. The van der Waals surface area contributed by atoms with E-state index in [1.54, 1.807) is 11.8 Å². The third-order valence-electron chi connectivity index (χ3n) is 2.42. The van der Waals surface area contributed by atoms with Crippen molar-refractivity contribution in [1.29, 1.82) is 0 Å². The average molecular weight is 270 g/mol. The zero-order valence-corrected chi connectivity index (χ0v) is 10.3. The quantitative estimate of drug-likeness (QED) is 0.745. The fourth-order valence-electron chi connectivity index (χ4n) is 1.52. The summed E-state index contributed by atoms with van der Waals surface area (Å²) in [6.45, 7) is 1.12. The lowest BCUT2D eigenvalue weighted by Gasteiger charge is -2.22. The van der Waals surface area contributed by atoms with Crippen LogP contribution in [0.2, 0.25) is 0 Å². The molecule has 1 saturated heterocycles. The highest BCUT2D eigenvalue weighted by Gasteiger charge is 2.26. The van der Waals surface area contributed by atoms with Gasteiger partial charge in [0.15, 0.2) is 0 Å². The Balaban J connectivity index is 2.04. The molecule has 0 aromatic heterocycles. The van der Waals surface area contributed by atoms with Gasteiger partial charge >= 0.3 is 6.18 Å². The number of nitrogens with one attached hydrogen (secondary N) is 2. The van der Waals surface area contributed by atoms with Gasteiger partial charge in [-0.05, 0) is 12.8 Å². The van der Waals surface area contributed by atoms with E-state index in [1.165, 1.54) is 0 Å². The molecule has 17 heavy (non-hydrogen) atoms. The van der Waals surface area contributed by atoms with Crippen LogP contribution >= 0.6 is 11.8 Å². The van der Waals surface area contributed by atoms with Gasteiger partial charge in [0, 0.05) is 31.0 Å². The molecular formula is C10H17F3N2OS. The topological polar surface area (TPSA) is 41.1 Å². The summed E-state index contributed by atoms with van der Waals surface area (Å²) in [4.78, 5) is 11.5. The van der Waals surface area contributed by atoms with Crippen molar-refractivity contribution < 1.29 is 18.0 Å². The Morgan fingerprint density at radius 1 is 1.41 bits per heavy atom. The summed E-state index contributed by atoms with van der Waals surface area (Å²) < 4.78 is 35.5. The van der Waals surface area contributed by atoms with Gasteiger partial charge in [-0.1, -0.05) is 0 Å². The molecule has 1 atom stereocenters. The van der Waals surface area contributed by atoms with Gasteiger partial charge in [-0.2, -0.15) is 24.9 Å². The lowest BCUT2D eigenvalue weighted by Crippen LogP contribution is -2.49. The predicted octanol–water partition coefficient (Wildman–Crippen LogP) is 1.54. The van der Waals surface area contributed by atoms with Crippen molar-refractivity contribution in [2.45, 2.75) is 31.5 Å². The van der Waals surface area contributed by atoms with Crippen LogP contribution < -0.4 is 10.6 Å². The van der Waals surface area contributed by atoms with Crippen molar-refractivity contribution in [3.63, 3.8) is 0 Å².